The number of esters is 4. The van der Waals surface area contributed by atoms with Crippen LogP contribution in [0.25, 0.3) is 0 Å². The van der Waals surface area contributed by atoms with Gasteiger partial charge in [0, 0.05) is 27.7 Å². The topological polar surface area (TPSA) is 204 Å². The fourth-order valence-electron chi connectivity index (χ4n) is 5.66. The molecule has 284 valence electrons. The van der Waals surface area contributed by atoms with E-state index < -0.39 is 97.3 Å². The van der Waals surface area contributed by atoms with Crippen LogP contribution < -0.4 is 5.73 Å². The summed E-state index contributed by atoms with van der Waals surface area (Å²) < 4.78 is 58.3. The Kier molecular flexibility index (Phi) is 15.2. The molecule has 0 unspecified atom stereocenters. The van der Waals surface area contributed by atoms with Crippen molar-refractivity contribution in [1.29, 1.82) is 0 Å². The number of alkyl halides is 1. The van der Waals surface area contributed by atoms with E-state index in [9.17, 15) is 24.0 Å². The van der Waals surface area contributed by atoms with Gasteiger partial charge in [0.25, 0.3) is 0 Å². The van der Waals surface area contributed by atoms with Crippen molar-refractivity contribution in [2.75, 3.05) is 13.2 Å². The summed E-state index contributed by atoms with van der Waals surface area (Å²) in [6.45, 7) is 3.90. The number of ether oxygens (including phenoxy) is 10. The molecular weight excluding hydrogens is 710 g/mol. The lowest BCUT2D eigenvalue weighted by Crippen LogP contribution is -2.66. The zero-order valence-electron chi connectivity index (χ0n) is 29.0. The molecule has 52 heavy (non-hydrogen) atoms. The summed E-state index contributed by atoms with van der Waals surface area (Å²) >= 11 is 6.85. The van der Waals surface area contributed by atoms with Gasteiger partial charge in [0.1, 0.15) is 43.7 Å². The summed E-state index contributed by atoms with van der Waals surface area (Å²) in [5.74, 6) is -2.96. The van der Waals surface area contributed by atoms with E-state index in [1.165, 1.54) is 6.92 Å². The van der Waals surface area contributed by atoms with Crippen molar-refractivity contribution in [2.24, 2.45) is 5.73 Å². The Balaban J connectivity index is 1.75. The maximum atomic E-state index is 12.4. The number of primary amides is 1. The lowest BCUT2D eigenvalue weighted by Gasteiger charge is -2.48. The molecule has 4 rings (SSSR count). The van der Waals surface area contributed by atoms with Gasteiger partial charge in [-0.3, -0.25) is 19.2 Å². The molecule has 2 fully saturated rings. The van der Waals surface area contributed by atoms with Crippen molar-refractivity contribution in [3.05, 3.63) is 71.8 Å². The van der Waals surface area contributed by atoms with E-state index in [0.717, 1.165) is 31.9 Å². The van der Waals surface area contributed by atoms with Gasteiger partial charge in [-0.15, -0.1) is 0 Å². The van der Waals surface area contributed by atoms with Crippen LogP contribution in [0.1, 0.15) is 38.8 Å². The molecule has 2 saturated heterocycles. The molecule has 2 aliphatic heterocycles. The molecule has 0 radical (unpaired) electrons. The Labute approximate surface area is 304 Å². The van der Waals surface area contributed by atoms with E-state index in [1.54, 1.807) is 0 Å². The Morgan fingerprint density at radius 2 is 1.08 bits per heavy atom. The van der Waals surface area contributed by atoms with Crippen molar-refractivity contribution >= 4 is 41.6 Å². The van der Waals surface area contributed by atoms with Crippen molar-refractivity contribution < 1.29 is 71.3 Å². The molecule has 2 aromatic carbocycles. The Bertz CT molecular complexity index is 1500. The van der Waals surface area contributed by atoms with E-state index in [0.29, 0.717) is 0 Å². The van der Waals surface area contributed by atoms with E-state index >= 15 is 0 Å². The smallest absolute Gasteiger partial charge is 0.405 e. The molecule has 0 saturated carbocycles. The van der Waals surface area contributed by atoms with Crippen molar-refractivity contribution in [2.45, 2.75) is 102 Å². The first-order chi connectivity index (χ1) is 24.8. The monoisotopic (exact) mass is 751 g/mol. The number of carbonyl (C=O) groups excluding carboxylic acids is 5. The molecule has 16 nitrogen and oxygen atoms in total. The normalized spacial score (nSPS) is 28.6. The Morgan fingerprint density at radius 1 is 0.596 bits per heavy atom. The zero-order chi connectivity index (χ0) is 37.8. The van der Waals surface area contributed by atoms with Gasteiger partial charge >= 0.3 is 30.0 Å². The number of hydrogen-bond donors (Lipinski definition) is 1. The highest BCUT2D eigenvalue weighted by Crippen LogP contribution is 2.36. The number of halogens is 1. The van der Waals surface area contributed by atoms with E-state index in [4.69, 9.17) is 64.7 Å². The first-order valence-corrected chi connectivity index (χ1v) is 16.7. The maximum Gasteiger partial charge on any atom is 0.405 e. The van der Waals surface area contributed by atoms with Gasteiger partial charge in [0.05, 0.1) is 13.2 Å². The van der Waals surface area contributed by atoms with E-state index in [1.807, 2.05) is 60.7 Å². The van der Waals surface area contributed by atoms with Crippen LogP contribution >= 0.6 is 11.6 Å². The fraction of sp³-hybridized carbons (Fsp3) is 0.514. The second kappa shape index (κ2) is 19.5. The highest BCUT2D eigenvalue weighted by atomic mass is 35.5. The summed E-state index contributed by atoms with van der Waals surface area (Å²) in [6, 6.07) is 18.4. The molecule has 1 amide bonds. The van der Waals surface area contributed by atoms with Crippen molar-refractivity contribution in [3.8, 4) is 0 Å². The van der Waals surface area contributed by atoms with E-state index in [2.05, 4.69) is 0 Å². The van der Waals surface area contributed by atoms with Crippen LogP contribution in [0.5, 0.6) is 0 Å². The fourth-order valence-corrected chi connectivity index (χ4v) is 6.00. The average molecular weight is 752 g/mol. The van der Waals surface area contributed by atoms with Gasteiger partial charge in [-0.05, 0) is 11.1 Å². The van der Waals surface area contributed by atoms with Crippen LogP contribution in [-0.2, 0) is 79.8 Å². The Morgan fingerprint density at radius 3 is 1.56 bits per heavy atom. The average Bonchev–Trinajstić information content (AvgIpc) is 3.08. The van der Waals surface area contributed by atoms with Crippen LogP contribution in [0, 0.1) is 0 Å². The standard InChI is InChI=1S/C35H42ClNO15/c1-19(38)43-17-25-27(45-15-23-11-7-5-8-12-23)29(46-16-24-13-9-6-10-14-24)31(33(36)49-25)51-34-32(48-22(4)41)30(52-35(37)42)28(47-21(3)40)26(50-34)18-44-20(2)39/h5-14,25-34H,15-18H2,1-4H3,(H2,37,42)/t25-,26+,27+,28+,29-,30-,31-,32-,33-,34+/m0/s1. The summed E-state index contributed by atoms with van der Waals surface area (Å²) in [4.78, 5) is 60.4. The maximum absolute atomic E-state index is 12.4. The first-order valence-electron chi connectivity index (χ1n) is 16.3. The third kappa shape index (κ3) is 11.9. The minimum Gasteiger partial charge on any atom is -0.463 e. The van der Waals surface area contributed by atoms with Crippen LogP contribution in [0.15, 0.2) is 60.7 Å². The largest absolute Gasteiger partial charge is 0.463 e. The van der Waals surface area contributed by atoms with Gasteiger partial charge in [0.2, 0.25) is 0 Å². The molecule has 2 heterocycles. The first kappa shape index (κ1) is 40.5. The minimum absolute atomic E-state index is 0.0381. The number of rotatable bonds is 15. The third-order valence-corrected chi connectivity index (χ3v) is 8.14. The molecule has 0 aromatic heterocycles. The summed E-state index contributed by atoms with van der Waals surface area (Å²) in [6.07, 6.45) is -13.4. The van der Waals surface area contributed by atoms with Crippen molar-refractivity contribution in [3.63, 3.8) is 0 Å². The summed E-state index contributed by atoms with van der Waals surface area (Å²) in [5, 5.41) is 0. The molecule has 0 bridgehead atoms. The van der Waals surface area contributed by atoms with Gasteiger partial charge in [-0.2, -0.15) is 0 Å². The van der Waals surface area contributed by atoms with Crippen LogP contribution in [0.3, 0.4) is 0 Å². The molecular formula is C35H42ClNO15. The molecule has 0 spiro atoms. The van der Waals surface area contributed by atoms with E-state index in [-0.39, 0.29) is 19.8 Å². The highest BCUT2D eigenvalue weighted by molar-refractivity contribution is 6.20. The lowest BCUT2D eigenvalue weighted by molar-refractivity contribution is -0.342. The predicted molar refractivity (Wildman–Crippen MR) is 177 cm³/mol. The minimum atomic E-state index is -1.65. The highest BCUT2D eigenvalue weighted by Gasteiger charge is 2.56. The quantitative estimate of drug-likeness (QED) is 0.158. The van der Waals surface area contributed by atoms with Gasteiger partial charge in [0.15, 0.2) is 30.2 Å². The number of carbonyl (C=O) groups is 5. The second-order valence-electron chi connectivity index (χ2n) is 11.8. The number of hydrogen-bond acceptors (Lipinski definition) is 15. The predicted octanol–water partition coefficient (Wildman–Crippen LogP) is 2.68. The van der Waals surface area contributed by atoms with Crippen LogP contribution in [-0.4, -0.2) is 104 Å². The molecule has 10 atom stereocenters. The zero-order valence-corrected chi connectivity index (χ0v) is 29.7. The number of amides is 1. The number of benzene rings is 2. The lowest BCUT2D eigenvalue weighted by atomic mass is 9.96. The molecule has 2 aliphatic rings. The third-order valence-electron chi connectivity index (χ3n) is 7.79. The molecule has 2 aromatic rings. The SMILES string of the molecule is CC(=O)OC[C@@H]1O[C@H](Cl)[C@@H](O[C@H]2O[C@H](COC(C)=O)[C@@H](OC(C)=O)[C@H](OC(N)=O)[C@@H]2OC(C)=O)[C@@H](OCc2ccccc2)[C@@H]1OCc1ccccc1. The van der Waals surface area contributed by atoms with Crippen LogP contribution in [0.4, 0.5) is 4.79 Å². The summed E-state index contributed by atoms with van der Waals surface area (Å²) in [7, 11) is 0. The van der Waals surface area contributed by atoms with Crippen LogP contribution in [0.2, 0.25) is 0 Å². The molecule has 0 aliphatic carbocycles. The van der Waals surface area contributed by atoms with Crippen molar-refractivity contribution in [1.82, 2.24) is 0 Å². The Hall–Kier alpha value is -4.32. The van der Waals surface area contributed by atoms with Gasteiger partial charge < -0.3 is 53.1 Å². The summed E-state index contributed by atoms with van der Waals surface area (Å²) in [5.41, 5.74) is 5.64. The second-order valence-corrected chi connectivity index (χ2v) is 12.3. The van der Waals surface area contributed by atoms with Gasteiger partial charge in [-0.1, -0.05) is 72.3 Å². The molecule has 17 heteroatoms. The van der Waals surface area contributed by atoms with Gasteiger partial charge in [-0.25, -0.2) is 4.79 Å². The molecule has 2 N–H and O–H groups in total. The number of nitrogens with two attached hydrogens (primary N) is 1.